The summed E-state index contributed by atoms with van der Waals surface area (Å²) in [6.45, 7) is -0.701. The molecule has 0 bridgehead atoms. The van der Waals surface area contributed by atoms with Crippen LogP contribution in [0.3, 0.4) is 0 Å². The standard InChI is InChI=1S/C20H22F9N3O2/c21-18(22,23)15(13-5-1-2-6-14(13)30-7-3-4-8-30)31-9-11-32(12-10-31)17(33)34-16(19(24,25)26)20(27,28)29/h1-2,5-6,15-16H,3-4,7-12H2. The number of ether oxygens (including phenoxy) is 1. The first kappa shape index (κ1) is 26.2. The monoisotopic (exact) mass is 507 g/mol. The normalized spacial score (nSPS) is 19.6. The molecule has 0 saturated carbocycles. The topological polar surface area (TPSA) is 36.0 Å². The van der Waals surface area contributed by atoms with Gasteiger partial charge in [-0.05, 0) is 18.9 Å². The molecule has 1 unspecified atom stereocenters. The molecule has 5 nitrogen and oxygen atoms in total. The van der Waals surface area contributed by atoms with Crippen molar-refractivity contribution in [2.45, 2.75) is 43.5 Å². The van der Waals surface area contributed by atoms with E-state index >= 15 is 0 Å². The average molecular weight is 507 g/mol. The first-order valence-corrected chi connectivity index (χ1v) is 10.4. The van der Waals surface area contributed by atoms with E-state index in [0.717, 1.165) is 17.7 Å². The third-order valence-electron chi connectivity index (χ3n) is 5.74. The van der Waals surface area contributed by atoms with Gasteiger partial charge < -0.3 is 14.5 Å². The molecule has 1 amide bonds. The highest BCUT2D eigenvalue weighted by Gasteiger charge is 2.60. The second kappa shape index (κ2) is 9.70. The van der Waals surface area contributed by atoms with Crippen molar-refractivity contribution in [3.63, 3.8) is 0 Å². The van der Waals surface area contributed by atoms with Gasteiger partial charge in [-0.2, -0.15) is 39.5 Å². The maximum atomic E-state index is 14.1. The molecule has 1 atom stereocenters. The highest BCUT2D eigenvalue weighted by atomic mass is 19.4. The van der Waals surface area contributed by atoms with Gasteiger partial charge in [0.25, 0.3) is 6.10 Å². The minimum atomic E-state index is -5.88. The van der Waals surface area contributed by atoms with Gasteiger partial charge in [0.15, 0.2) is 0 Å². The van der Waals surface area contributed by atoms with E-state index in [9.17, 15) is 44.3 Å². The second-order valence-electron chi connectivity index (χ2n) is 8.07. The first-order valence-electron chi connectivity index (χ1n) is 10.4. The smallest absolute Gasteiger partial charge is 0.426 e. The van der Waals surface area contributed by atoms with Crippen molar-refractivity contribution in [3.05, 3.63) is 29.8 Å². The zero-order chi connectivity index (χ0) is 25.3. The number of rotatable bonds is 4. The Labute approximate surface area is 189 Å². The lowest BCUT2D eigenvalue weighted by Crippen LogP contribution is -2.54. The summed E-state index contributed by atoms with van der Waals surface area (Å²) in [5.74, 6) is 0. The Morgan fingerprint density at radius 1 is 0.765 bits per heavy atom. The predicted octanol–water partition coefficient (Wildman–Crippen LogP) is 5.14. The minimum Gasteiger partial charge on any atom is -0.426 e. The number of benzene rings is 1. The molecule has 1 aromatic carbocycles. The Kier molecular flexibility index (Phi) is 7.48. The lowest BCUT2D eigenvalue weighted by Gasteiger charge is -2.41. The van der Waals surface area contributed by atoms with E-state index in [2.05, 4.69) is 4.74 Å². The number of nitrogens with zero attached hydrogens (tertiary/aromatic N) is 3. The molecule has 0 aromatic heterocycles. The van der Waals surface area contributed by atoms with Crippen LogP contribution in [0.5, 0.6) is 0 Å². The summed E-state index contributed by atoms with van der Waals surface area (Å²) in [7, 11) is 0. The Morgan fingerprint density at radius 3 is 1.79 bits per heavy atom. The van der Waals surface area contributed by atoms with Crippen molar-refractivity contribution in [3.8, 4) is 0 Å². The van der Waals surface area contributed by atoms with Gasteiger partial charge in [-0.3, -0.25) is 4.90 Å². The first-order chi connectivity index (χ1) is 15.7. The number of carbonyl (C=O) groups excluding carboxylic acids is 1. The summed E-state index contributed by atoms with van der Waals surface area (Å²) in [5.41, 5.74) is 0.421. The summed E-state index contributed by atoms with van der Waals surface area (Å²) in [5, 5.41) is 0. The highest BCUT2D eigenvalue weighted by Crippen LogP contribution is 2.43. The van der Waals surface area contributed by atoms with Gasteiger partial charge in [0, 0.05) is 50.5 Å². The molecular weight excluding hydrogens is 485 g/mol. The minimum absolute atomic E-state index is 0.00198. The maximum absolute atomic E-state index is 14.1. The zero-order valence-electron chi connectivity index (χ0n) is 17.7. The van der Waals surface area contributed by atoms with Crippen LogP contribution in [-0.2, 0) is 4.74 Å². The van der Waals surface area contributed by atoms with Crippen LogP contribution in [0, 0.1) is 0 Å². The van der Waals surface area contributed by atoms with Crippen molar-refractivity contribution in [1.82, 2.24) is 9.80 Å². The molecule has 2 aliphatic heterocycles. The summed E-state index contributed by atoms with van der Waals surface area (Å²) in [4.78, 5) is 15.3. The van der Waals surface area contributed by atoms with Gasteiger partial charge in [-0.25, -0.2) is 4.79 Å². The molecule has 14 heteroatoms. The Hall–Kier alpha value is -2.38. The second-order valence-corrected chi connectivity index (χ2v) is 8.07. The van der Waals surface area contributed by atoms with Gasteiger partial charge >= 0.3 is 24.6 Å². The number of amides is 1. The van der Waals surface area contributed by atoms with E-state index in [4.69, 9.17) is 0 Å². The quantitative estimate of drug-likeness (QED) is 0.530. The highest BCUT2D eigenvalue weighted by molar-refractivity contribution is 5.68. The molecule has 2 saturated heterocycles. The lowest BCUT2D eigenvalue weighted by atomic mass is 10.0. The number of halogens is 9. The molecule has 3 rings (SSSR count). The van der Waals surface area contributed by atoms with E-state index in [-0.39, 0.29) is 5.56 Å². The molecule has 0 spiro atoms. The summed E-state index contributed by atoms with van der Waals surface area (Å²) >= 11 is 0. The molecule has 2 fully saturated rings. The number of hydrogen-bond donors (Lipinski definition) is 0. The van der Waals surface area contributed by atoms with Crippen molar-refractivity contribution in [1.29, 1.82) is 0 Å². The SMILES string of the molecule is O=C(OC(C(F)(F)F)C(F)(F)F)N1CCN(C(c2ccccc2N2CCCC2)C(F)(F)F)CC1. The van der Waals surface area contributed by atoms with Crippen LogP contribution in [0.1, 0.15) is 24.4 Å². The van der Waals surface area contributed by atoms with Crippen LogP contribution in [0.2, 0.25) is 0 Å². The number of alkyl halides is 9. The summed E-state index contributed by atoms with van der Waals surface area (Å²) in [6.07, 6.45) is -21.0. The predicted molar refractivity (Wildman–Crippen MR) is 102 cm³/mol. The fourth-order valence-electron chi connectivity index (χ4n) is 4.20. The molecule has 192 valence electrons. The zero-order valence-corrected chi connectivity index (χ0v) is 17.7. The molecule has 1 aromatic rings. The number of anilines is 1. The van der Waals surface area contributed by atoms with Gasteiger partial charge in [-0.15, -0.1) is 0 Å². The lowest BCUT2D eigenvalue weighted by molar-refractivity contribution is -0.308. The van der Waals surface area contributed by atoms with E-state index in [1.54, 1.807) is 12.1 Å². The van der Waals surface area contributed by atoms with E-state index in [1.165, 1.54) is 12.1 Å². The number of hydrogen-bond acceptors (Lipinski definition) is 4. The Balaban J connectivity index is 1.74. The third-order valence-corrected chi connectivity index (χ3v) is 5.74. The molecule has 2 heterocycles. The Morgan fingerprint density at radius 2 is 1.29 bits per heavy atom. The van der Waals surface area contributed by atoms with Gasteiger partial charge in [0.05, 0.1) is 0 Å². The van der Waals surface area contributed by atoms with Gasteiger partial charge in [0.2, 0.25) is 0 Å². The molecule has 34 heavy (non-hydrogen) atoms. The van der Waals surface area contributed by atoms with Crippen LogP contribution in [0.4, 0.5) is 50.0 Å². The fraction of sp³-hybridized carbons (Fsp3) is 0.650. The summed E-state index contributed by atoms with van der Waals surface area (Å²) in [6, 6.07) is 3.97. The number of piperazine rings is 1. The van der Waals surface area contributed by atoms with Gasteiger partial charge in [-0.1, -0.05) is 18.2 Å². The molecular formula is C20H22F9N3O2. The number of carbonyl (C=O) groups is 1. The van der Waals surface area contributed by atoms with E-state index in [1.807, 2.05) is 4.90 Å². The maximum Gasteiger partial charge on any atom is 0.434 e. The summed E-state index contributed by atoms with van der Waals surface area (Å²) < 4.78 is 122. The Bertz CT molecular complexity index is 829. The van der Waals surface area contributed by atoms with Gasteiger partial charge in [0.1, 0.15) is 6.04 Å². The molecule has 0 N–H and O–H groups in total. The third kappa shape index (κ3) is 5.99. The van der Waals surface area contributed by atoms with Crippen molar-refractivity contribution >= 4 is 11.8 Å². The fourth-order valence-corrected chi connectivity index (χ4v) is 4.20. The van der Waals surface area contributed by atoms with Crippen LogP contribution in [-0.4, -0.2) is 79.8 Å². The van der Waals surface area contributed by atoms with Crippen LogP contribution < -0.4 is 4.90 Å². The molecule has 0 radical (unpaired) electrons. The van der Waals surface area contributed by atoms with Crippen molar-refractivity contribution < 1.29 is 49.0 Å². The average Bonchev–Trinajstić information content (AvgIpc) is 3.25. The van der Waals surface area contributed by atoms with Crippen LogP contribution >= 0.6 is 0 Å². The largest absolute Gasteiger partial charge is 0.434 e. The van der Waals surface area contributed by atoms with E-state index < -0.39 is 62.9 Å². The van der Waals surface area contributed by atoms with Crippen molar-refractivity contribution in [2.24, 2.45) is 0 Å². The number of para-hydroxylation sites is 1. The van der Waals surface area contributed by atoms with Crippen LogP contribution in [0.25, 0.3) is 0 Å². The molecule has 2 aliphatic rings. The van der Waals surface area contributed by atoms with E-state index in [0.29, 0.717) is 23.7 Å². The van der Waals surface area contributed by atoms with Crippen molar-refractivity contribution in [2.75, 3.05) is 44.2 Å². The molecule has 0 aliphatic carbocycles. The van der Waals surface area contributed by atoms with Crippen LogP contribution in [0.15, 0.2) is 24.3 Å².